The minimum Gasteiger partial charge on any atom is -0.450 e. The Morgan fingerprint density at radius 2 is 1.18 bits per heavy atom. The fraction of sp³-hybridized carbons (Fsp3) is 0.800. The second-order valence-electron chi connectivity index (χ2n) is 3.04. The van der Waals surface area contributed by atoms with Gasteiger partial charge in [0, 0.05) is 19.5 Å². The largest absolute Gasteiger partial charge is 0.450 e. The van der Waals surface area contributed by atoms with Crippen LogP contribution in [0.3, 0.4) is 0 Å². The molecule has 0 aromatic carbocycles. The zero-order chi connectivity index (χ0) is 12.8. The molecule has 0 bridgehead atoms. The summed E-state index contributed by atoms with van der Waals surface area (Å²) in [5.41, 5.74) is 9.34. The predicted molar refractivity (Wildman–Crippen MR) is 60.9 cm³/mol. The Morgan fingerprint density at radius 3 is 1.35 bits per heavy atom. The Hall–Kier alpha value is -0.837. The van der Waals surface area contributed by atoms with Crippen molar-refractivity contribution in [1.29, 1.82) is 0 Å². The third kappa shape index (κ3) is 31.3. The number of ether oxygens (including phenoxy) is 2. The molecule has 0 heterocycles. The molecular formula is C10H22N2O4Zn. The van der Waals surface area contributed by atoms with Crippen LogP contribution in [0.1, 0.15) is 39.5 Å². The number of carbonyl (C=O) groups excluding carboxylic acids is 2. The molecule has 0 radical (unpaired) electrons. The van der Waals surface area contributed by atoms with Crippen molar-refractivity contribution < 1.29 is 38.5 Å². The van der Waals surface area contributed by atoms with Gasteiger partial charge in [0.2, 0.25) is 0 Å². The maximum absolute atomic E-state index is 9.87. The van der Waals surface area contributed by atoms with Gasteiger partial charge in [0.05, 0.1) is 13.2 Å². The van der Waals surface area contributed by atoms with E-state index < -0.39 is 12.2 Å². The fourth-order valence-corrected chi connectivity index (χ4v) is 0.634. The monoisotopic (exact) mass is 298 g/mol. The first-order valence-electron chi connectivity index (χ1n) is 5.39. The molecule has 6 nitrogen and oxygen atoms in total. The van der Waals surface area contributed by atoms with E-state index in [0.29, 0.717) is 13.2 Å². The summed E-state index contributed by atoms with van der Waals surface area (Å²) in [7, 11) is 0. The summed E-state index contributed by atoms with van der Waals surface area (Å²) in [6.45, 7) is 4.94. The molecule has 0 aliphatic heterocycles. The molecule has 17 heavy (non-hydrogen) atoms. The topological polar surface area (TPSA) is 105 Å². The Kier molecular flexibility index (Phi) is 22.1. The molecule has 0 aromatic rings. The van der Waals surface area contributed by atoms with Crippen LogP contribution in [-0.2, 0) is 29.0 Å². The van der Waals surface area contributed by atoms with Crippen LogP contribution in [0.15, 0.2) is 0 Å². The van der Waals surface area contributed by atoms with Gasteiger partial charge in [-0.3, -0.25) is 0 Å². The van der Waals surface area contributed by atoms with Gasteiger partial charge in [-0.05, 0) is 12.8 Å². The first-order valence-corrected chi connectivity index (χ1v) is 5.39. The number of unbranched alkanes of at least 4 members (excludes halogenated alkanes) is 2. The van der Waals surface area contributed by atoms with Gasteiger partial charge in [-0.25, -0.2) is 9.59 Å². The molecule has 0 atom stereocenters. The van der Waals surface area contributed by atoms with E-state index in [1.807, 2.05) is 13.8 Å². The molecule has 0 saturated carbocycles. The number of carbonyl (C=O) groups is 2. The van der Waals surface area contributed by atoms with Gasteiger partial charge in [0.15, 0.2) is 0 Å². The van der Waals surface area contributed by atoms with Gasteiger partial charge in [0.1, 0.15) is 0 Å². The first kappa shape index (κ1) is 21.4. The van der Waals surface area contributed by atoms with E-state index >= 15 is 0 Å². The number of primary amides is 2. The standard InChI is InChI=1S/2C5H11NO2.Zn/c2*1-2-3-4-8-5(6)7;/h2*2-4H2,1H3,(H2,6,7);. The summed E-state index contributed by atoms with van der Waals surface area (Å²) in [5.74, 6) is 0. The van der Waals surface area contributed by atoms with Crippen molar-refractivity contribution in [3.63, 3.8) is 0 Å². The average molecular weight is 300 g/mol. The van der Waals surface area contributed by atoms with E-state index in [-0.39, 0.29) is 19.5 Å². The summed E-state index contributed by atoms with van der Waals surface area (Å²) in [5, 5.41) is 0. The summed E-state index contributed by atoms with van der Waals surface area (Å²) >= 11 is 0. The zero-order valence-corrected chi connectivity index (χ0v) is 13.7. The van der Waals surface area contributed by atoms with Crippen molar-refractivity contribution in [2.45, 2.75) is 39.5 Å². The minimum absolute atomic E-state index is 0. The Balaban J connectivity index is -0.000000218. The molecule has 2 amide bonds. The van der Waals surface area contributed by atoms with E-state index in [9.17, 15) is 9.59 Å². The fourth-order valence-electron chi connectivity index (χ4n) is 0.634. The van der Waals surface area contributed by atoms with Gasteiger partial charge in [-0.1, -0.05) is 26.7 Å². The van der Waals surface area contributed by atoms with Gasteiger partial charge < -0.3 is 20.9 Å². The molecule has 0 aromatic heterocycles. The molecule has 0 saturated heterocycles. The molecule has 98 valence electrons. The van der Waals surface area contributed by atoms with Crippen LogP contribution in [0.4, 0.5) is 9.59 Å². The molecule has 0 spiro atoms. The Labute approximate surface area is 115 Å². The van der Waals surface area contributed by atoms with E-state index in [1.165, 1.54) is 0 Å². The van der Waals surface area contributed by atoms with E-state index in [0.717, 1.165) is 25.7 Å². The molecule has 7 heteroatoms. The number of hydrogen-bond acceptors (Lipinski definition) is 4. The Morgan fingerprint density at radius 1 is 0.882 bits per heavy atom. The third-order valence-corrected chi connectivity index (χ3v) is 1.48. The molecule has 0 aliphatic rings. The number of hydrogen-bond donors (Lipinski definition) is 2. The van der Waals surface area contributed by atoms with Crippen LogP contribution in [-0.4, -0.2) is 25.4 Å². The van der Waals surface area contributed by atoms with Gasteiger partial charge in [0.25, 0.3) is 0 Å². The minimum atomic E-state index is -0.682. The van der Waals surface area contributed by atoms with E-state index in [1.54, 1.807) is 0 Å². The maximum atomic E-state index is 9.87. The van der Waals surface area contributed by atoms with Crippen molar-refractivity contribution in [3.8, 4) is 0 Å². The second kappa shape index (κ2) is 17.6. The SMILES string of the molecule is CCCCOC(N)=O.CCCCOC(N)=O.[Zn]. The molecule has 0 fully saturated rings. The number of nitrogens with two attached hydrogens (primary N) is 2. The predicted octanol–water partition coefficient (Wildman–Crippen LogP) is 1.76. The van der Waals surface area contributed by atoms with Crippen LogP contribution in [0, 0.1) is 0 Å². The number of amides is 2. The van der Waals surface area contributed by atoms with E-state index in [2.05, 4.69) is 20.9 Å². The summed E-state index contributed by atoms with van der Waals surface area (Å²) in [6, 6.07) is 0. The maximum Gasteiger partial charge on any atom is 0.404 e. The van der Waals surface area contributed by atoms with Crippen LogP contribution < -0.4 is 11.5 Å². The van der Waals surface area contributed by atoms with Crippen LogP contribution in [0.2, 0.25) is 0 Å². The van der Waals surface area contributed by atoms with Gasteiger partial charge in [-0.15, -0.1) is 0 Å². The molecule has 0 unspecified atom stereocenters. The molecular weight excluding hydrogens is 278 g/mol. The van der Waals surface area contributed by atoms with Crippen LogP contribution in [0.5, 0.6) is 0 Å². The third-order valence-electron chi connectivity index (χ3n) is 1.48. The quantitative estimate of drug-likeness (QED) is 0.576. The average Bonchev–Trinajstić information content (AvgIpc) is 2.18. The molecule has 4 N–H and O–H groups in total. The summed E-state index contributed by atoms with van der Waals surface area (Å²) in [6.07, 6.45) is 2.46. The molecule has 0 rings (SSSR count). The van der Waals surface area contributed by atoms with E-state index in [4.69, 9.17) is 0 Å². The molecule has 0 aliphatic carbocycles. The van der Waals surface area contributed by atoms with Crippen LogP contribution >= 0.6 is 0 Å². The summed E-state index contributed by atoms with van der Waals surface area (Å²) in [4.78, 5) is 19.7. The summed E-state index contributed by atoms with van der Waals surface area (Å²) < 4.78 is 8.84. The normalized spacial score (nSPS) is 8.12. The van der Waals surface area contributed by atoms with Gasteiger partial charge >= 0.3 is 12.2 Å². The van der Waals surface area contributed by atoms with Crippen molar-refractivity contribution in [1.82, 2.24) is 0 Å². The van der Waals surface area contributed by atoms with Crippen molar-refractivity contribution >= 4 is 12.2 Å². The van der Waals surface area contributed by atoms with Crippen molar-refractivity contribution in [3.05, 3.63) is 0 Å². The van der Waals surface area contributed by atoms with Crippen molar-refractivity contribution in [2.75, 3.05) is 13.2 Å². The first-order chi connectivity index (χ1) is 7.54. The zero-order valence-electron chi connectivity index (χ0n) is 10.7. The smallest absolute Gasteiger partial charge is 0.404 e. The number of rotatable bonds is 6. The van der Waals surface area contributed by atoms with Gasteiger partial charge in [-0.2, -0.15) is 0 Å². The second-order valence-corrected chi connectivity index (χ2v) is 3.04. The van der Waals surface area contributed by atoms with Crippen molar-refractivity contribution in [2.24, 2.45) is 11.5 Å². The van der Waals surface area contributed by atoms with Crippen LogP contribution in [0.25, 0.3) is 0 Å². The Bertz CT molecular complexity index is 171.